The van der Waals surface area contributed by atoms with Crippen LogP contribution >= 0.6 is 0 Å². The summed E-state index contributed by atoms with van der Waals surface area (Å²) >= 11 is 0. The van der Waals surface area contributed by atoms with Crippen molar-refractivity contribution < 1.29 is 22.3 Å². The summed E-state index contributed by atoms with van der Waals surface area (Å²) in [4.78, 5) is 0. The molecule has 4 atom stereocenters. The Morgan fingerprint density at radius 3 is 2.24 bits per heavy atom. The van der Waals surface area contributed by atoms with Crippen molar-refractivity contribution in [3.63, 3.8) is 0 Å². The van der Waals surface area contributed by atoms with Crippen molar-refractivity contribution in [2.24, 2.45) is 17.8 Å². The summed E-state index contributed by atoms with van der Waals surface area (Å²) in [6.07, 6.45) is 14.7. The largest absolute Gasteiger partial charge is 0.429 e. The maximum atomic E-state index is 14.1. The van der Waals surface area contributed by atoms with E-state index in [1.807, 2.05) is 24.3 Å². The first kappa shape index (κ1) is 23.8. The molecule has 0 N–H and O–H groups in total. The van der Waals surface area contributed by atoms with Crippen LogP contribution in [0.15, 0.2) is 48.6 Å². The minimum absolute atomic E-state index is 0.304. The van der Waals surface area contributed by atoms with Crippen LogP contribution in [0.3, 0.4) is 0 Å². The van der Waals surface area contributed by atoms with Crippen molar-refractivity contribution in [2.75, 3.05) is 0 Å². The maximum Gasteiger partial charge on any atom is 0.387 e. The smallest absolute Gasteiger partial charge is 0.387 e. The van der Waals surface area contributed by atoms with E-state index in [-0.39, 0.29) is 0 Å². The molecule has 0 aromatic heterocycles. The molecule has 1 nitrogen and oxygen atoms in total. The van der Waals surface area contributed by atoms with Gasteiger partial charge in [0.25, 0.3) is 0 Å². The zero-order chi connectivity index (χ0) is 23.4. The molecule has 4 rings (SSSR count). The predicted molar refractivity (Wildman–Crippen MR) is 123 cm³/mol. The zero-order valence-corrected chi connectivity index (χ0v) is 19.1. The lowest BCUT2D eigenvalue weighted by Gasteiger charge is -2.42. The highest BCUT2D eigenvalue weighted by molar-refractivity contribution is 5.65. The Hall–Kier alpha value is -2.30. The monoisotopic (exact) mass is 460 g/mol. The molecule has 0 aliphatic heterocycles. The molecule has 2 aromatic carbocycles. The van der Waals surface area contributed by atoms with Gasteiger partial charge in [0.2, 0.25) is 0 Å². The van der Waals surface area contributed by atoms with Gasteiger partial charge >= 0.3 is 6.61 Å². The second-order valence-corrected chi connectivity index (χ2v) is 9.63. The molecule has 33 heavy (non-hydrogen) atoms. The number of hydrogen-bond acceptors (Lipinski definition) is 1. The van der Waals surface area contributed by atoms with Gasteiger partial charge < -0.3 is 4.74 Å². The van der Waals surface area contributed by atoms with Crippen LogP contribution in [0.5, 0.6) is 5.75 Å². The molecule has 2 aromatic rings. The first-order valence-electron chi connectivity index (χ1n) is 12.1. The first-order chi connectivity index (χ1) is 15.9. The molecule has 4 unspecified atom stereocenters. The van der Waals surface area contributed by atoms with E-state index in [0.29, 0.717) is 17.0 Å². The number of allylic oxidation sites excluding steroid dienone is 2. The highest BCUT2D eigenvalue weighted by atomic mass is 19.3. The lowest BCUT2D eigenvalue weighted by Crippen LogP contribution is -2.30. The number of hydrogen-bond donors (Lipinski definition) is 0. The normalized spacial score (nSPS) is 25.4. The van der Waals surface area contributed by atoms with Crippen molar-refractivity contribution in [2.45, 2.75) is 70.8 Å². The summed E-state index contributed by atoms with van der Waals surface area (Å²) in [6.45, 7) is -1.19. The average molecular weight is 461 g/mol. The van der Waals surface area contributed by atoms with E-state index in [1.165, 1.54) is 56.9 Å². The zero-order valence-electron chi connectivity index (χ0n) is 19.1. The molecular weight excluding hydrogens is 428 g/mol. The molecular formula is C28H32F4O. The van der Waals surface area contributed by atoms with Crippen LogP contribution in [0.4, 0.5) is 17.6 Å². The fourth-order valence-electron chi connectivity index (χ4n) is 5.93. The first-order valence-corrected chi connectivity index (χ1v) is 12.1. The minimum Gasteiger partial charge on any atom is -0.429 e. The number of ether oxygens (including phenoxy) is 1. The van der Waals surface area contributed by atoms with Gasteiger partial charge in [0.1, 0.15) is 0 Å². The number of halogens is 4. The second kappa shape index (κ2) is 10.8. The molecule has 0 radical (unpaired) electrons. The van der Waals surface area contributed by atoms with E-state index >= 15 is 0 Å². The molecule has 0 amide bonds. The van der Waals surface area contributed by atoms with E-state index in [4.69, 9.17) is 0 Å². The van der Waals surface area contributed by atoms with E-state index in [1.54, 1.807) is 0 Å². The van der Waals surface area contributed by atoms with Gasteiger partial charge in [-0.15, -0.1) is 0 Å². The van der Waals surface area contributed by atoms with E-state index in [2.05, 4.69) is 23.8 Å². The lowest BCUT2D eigenvalue weighted by molar-refractivity contribution is -0.0546. The molecule has 5 heteroatoms. The van der Waals surface area contributed by atoms with Gasteiger partial charge in [-0.2, -0.15) is 8.78 Å². The fourth-order valence-corrected chi connectivity index (χ4v) is 5.93. The van der Waals surface area contributed by atoms with E-state index in [0.717, 1.165) is 29.9 Å². The van der Waals surface area contributed by atoms with Gasteiger partial charge in [0.15, 0.2) is 17.4 Å². The summed E-state index contributed by atoms with van der Waals surface area (Å²) in [6, 6.07) is 9.89. The van der Waals surface area contributed by atoms with Crippen molar-refractivity contribution in [3.05, 3.63) is 65.7 Å². The van der Waals surface area contributed by atoms with Crippen LogP contribution in [0.25, 0.3) is 11.1 Å². The Morgan fingerprint density at radius 1 is 0.909 bits per heavy atom. The Kier molecular flexibility index (Phi) is 7.77. The van der Waals surface area contributed by atoms with Gasteiger partial charge in [-0.3, -0.25) is 0 Å². The van der Waals surface area contributed by atoms with Gasteiger partial charge in [0, 0.05) is 0 Å². The van der Waals surface area contributed by atoms with Gasteiger partial charge in [-0.25, -0.2) is 8.78 Å². The third-order valence-electron chi connectivity index (χ3n) is 7.62. The third-order valence-corrected chi connectivity index (χ3v) is 7.62. The predicted octanol–water partition coefficient (Wildman–Crippen LogP) is 8.89. The molecule has 0 bridgehead atoms. The summed E-state index contributed by atoms with van der Waals surface area (Å²) < 4.78 is 56.9. The standard InChI is InChI=1S/C28H32F4O/c1-2-3-4-5-18-6-7-23-15-22(13-12-21(23)14-18)19-8-10-20(11-9-19)24-16-25(29)27(26(30)17-24)33-28(31)32/h2-3,8-11,16-18,21-23,28H,4-7,12-15H2,1H3/b3-2+. The average Bonchev–Trinajstić information content (AvgIpc) is 2.81. The van der Waals surface area contributed by atoms with Crippen molar-refractivity contribution in [1.82, 2.24) is 0 Å². The number of benzene rings is 2. The van der Waals surface area contributed by atoms with Crippen molar-refractivity contribution >= 4 is 0 Å². The van der Waals surface area contributed by atoms with Crippen LogP contribution in [-0.2, 0) is 0 Å². The SMILES string of the molecule is C/C=C/CCC1CCC2CC(c3ccc(-c4cc(F)c(OC(F)F)c(F)c4)cc3)CCC2C1. The Bertz CT molecular complexity index is 930. The van der Waals surface area contributed by atoms with Gasteiger partial charge in [0.05, 0.1) is 0 Å². The van der Waals surface area contributed by atoms with Crippen LogP contribution in [-0.4, -0.2) is 6.61 Å². The quantitative estimate of drug-likeness (QED) is 0.296. The maximum absolute atomic E-state index is 14.1. The van der Waals surface area contributed by atoms with Gasteiger partial charge in [-0.1, -0.05) is 42.8 Å². The highest BCUT2D eigenvalue weighted by Crippen LogP contribution is 2.48. The summed E-state index contributed by atoms with van der Waals surface area (Å²) in [5.41, 5.74) is 2.22. The number of alkyl halides is 2. The molecule has 2 fully saturated rings. The van der Waals surface area contributed by atoms with E-state index in [9.17, 15) is 17.6 Å². The van der Waals surface area contributed by atoms with Crippen LogP contribution in [0.1, 0.15) is 69.8 Å². The van der Waals surface area contributed by atoms with E-state index < -0.39 is 24.0 Å². The molecule has 0 saturated heterocycles. The lowest BCUT2D eigenvalue weighted by atomic mass is 9.63. The minimum atomic E-state index is -3.28. The van der Waals surface area contributed by atoms with Crippen LogP contribution in [0.2, 0.25) is 0 Å². The second-order valence-electron chi connectivity index (χ2n) is 9.63. The Balaban J connectivity index is 1.39. The molecule has 2 aliphatic rings. The molecule has 0 spiro atoms. The fraction of sp³-hybridized carbons (Fsp3) is 0.500. The number of rotatable bonds is 7. The molecule has 0 heterocycles. The topological polar surface area (TPSA) is 9.23 Å². The summed E-state index contributed by atoms with van der Waals surface area (Å²) in [7, 11) is 0. The summed E-state index contributed by atoms with van der Waals surface area (Å²) in [5, 5.41) is 0. The third kappa shape index (κ3) is 5.80. The Labute approximate surface area is 193 Å². The Morgan fingerprint density at radius 2 is 1.58 bits per heavy atom. The summed E-state index contributed by atoms with van der Waals surface area (Å²) in [5.74, 6) is -0.259. The van der Waals surface area contributed by atoms with Crippen molar-refractivity contribution in [3.8, 4) is 16.9 Å². The molecule has 2 saturated carbocycles. The molecule has 2 aliphatic carbocycles. The van der Waals surface area contributed by atoms with Crippen LogP contribution < -0.4 is 4.74 Å². The number of fused-ring (bicyclic) bond motifs is 1. The van der Waals surface area contributed by atoms with Crippen molar-refractivity contribution in [1.29, 1.82) is 0 Å². The van der Waals surface area contributed by atoms with Gasteiger partial charge in [-0.05, 0) is 104 Å². The highest BCUT2D eigenvalue weighted by Gasteiger charge is 2.35. The van der Waals surface area contributed by atoms with Crippen LogP contribution in [0, 0.1) is 29.4 Å². The molecule has 178 valence electrons.